The van der Waals surface area contributed by atoms with Crippen LogP contribution in [0.5, 0.6) is 0 Å². The molecule has 2 bridgehead atoms. The highest BCUT2D eigenvalue weighted by Crippen LogP contribution is 2.45. The van der Waals surface area contributed by atoms with Gasteiger partial charge >= 0.3 is 0 Å². The molecule has 0 unspecified atom stereocenters. The van der Waals surface area contributed by atoms with Gasteiger partial charge in [0.05, 0.1) is 16.6 Å². The number of para-hydroxylation sites is 2. The third-order valence-corrected chi connectivity index (χ3v) is 10.8. The summed E-state index contributed by atoms with van der Waals surface area (Å²) in [6, 6.07) is 24.6. The van der Waals surface area contributed by atoms with E-state index in [1.165, 1.54) is 36.8 Å². The molecule has 0 N–H and O–H groups in total. The fraction of sp³-hybridized carbons (Fsp3) is 0.441. The van der Waals surface area contributed by atoms with Crippen LogP contribution in [0.15, 0.2) is 66.7 Å². The van der Waals surface area contributed by atoms with Crippen molar-refractivity contribution in [3.8, 4) is 0 Å². The van der Waals surface area contributed by atoms with Crippen molar-refractivity contribution >= 4 is 40.1 Å². The Hall–Kier alpha value is -2.93. The van der Waals surface area contributed by atoms with Crippen molar-refractivity contribution in [2.75, 3.05) is 19.6 Å². The summed E-state index contributed by atoms with van der Waals surface area (Å²) in [7, 11) is 0. The molecule has 218 valence electrons. The van der Waals surface area contributed by atoms with Crippen molar-refractivity contribution in [2.45, 2.75) is 75.4 Å². The van der Waals surface area contributed by atoms with E-state index >= 15 is 0 Å². The summed E-state index contributed by atoms with van der Waals surface area (Å²) in [5.74, 6) is 1.07. The zero-order chi connectivity index (χ0) is 28.8. The van der Waals surface area contributed by atoms with Crippen LogP contribution in [-0.2, 0) is 5.41 Å². The normalized spacial score (nSPS) is 23.9. The first kappa shape index (κ1) is 27.9. The van der Waals surface area contributed by atoms with Crippen molar-refractivity contribution in [1.82, 2.24) is 24.3 Å². The lowest BCUT2D eigenvalue weighted by molar-refractivity contribution is 0.0607. The van der Waals surface area contributed by atoms with Gasteiger partial charge in [0.15, 0.2) is 0 Å². The van der Waals surface area contributed by atoms with Crippen molar-refractivity contribution in [2.24, 2.45) is 0 Å². The fourth-order valence-electron chi connectivity index (χ4n) is 8.14. The van der Waals surface area contributed by atoms with E-state index in [1.54, 1.807) is 12.1 Å². The highest BCUT2D eigenvalue weighted by Gasteiger charge is 2.44. The zero-order valence-electron chi connectivity index (χ0n) is 24.1. The van der Waals surface area contributed by atoms with Crippen LogP contribution < -0.4 is 0 Å². The molecular formula is C34H37Cl2N5O. The summed E-state index contributed by atoms with van der Waals surface area (Å²) < 4.78 is 2.51. The van der Waals surface area contributed by atoms with E-state index in [4.69, 9.17) is 28.2 Å². The Bertz CT molecular complexity index is 1580. The minimum Gasteiger partial charge on any atom is -0.338 e. The quantitative estimate of drug-likeness (QED) is 0.215. The van der Waals surface area contributed by atoms with Crippen molar-refractivity contribution in [3.05, 3.63) is 94.0 Å². The van der Waals surface area contributed by atoms with Gasteiger partial charge in [0.2, 0.25) is 0 Å². The predicted octanol–water partition coefficient (Wildman–Crippen LogP) is 7.48. The van der Waals surface area contributed by atoms with E-state index in [2.05, 4.69) is 76.0 Å². The fourth-order valence-corrected chi connectivity index (χ4v) is 8.57. The Morgan fingerprint density at radius 1 is 0.881 bits per heavy atom. The lowest BCUT2D eigenvalue weighted by Crippen LogP contribution is -2.49. The molecule has 0 spiro atoms. The SMILES string of the molecule is Cc1nc2ccccc2n1[C@H]1C[C@H]2CC[C@@H](C1)N2CCC1(c2ccccc2)CCN(C(=O)c2ccc(Cl)nc2Cl)CC1. The number of aromatic nitrogens is 3. The van der Waals surface area contributed by atoms with Crippen LogP contribution in [0.4, 0.5) is 0 Å². The first-order valence-electron chi connectivity index (χ1n) is 15.3. The van der Waals surface area contributed by atoms with Crippen LogP contribution in [-0.4, -0.2) is 62.0 Å². The van der Waals surface area contributed by atoms with Gasteiger partial charge < -0.3 is 9.47 Å². The summed E-state index contributed by atoms with van der Waals surface area (Å²) in [6.45, 7) is 4.66. The average Bonchev–Trinajstić information content (AvgIpc) is 3.46. The second kappa shape index (κ2) is 11.3. The van der Waals surface area contributed by atoms with Gasteiger partial charge in [-0.05, 0) is 93.7 Å². The van der Waals surface area contributed by atoms with Crippen molar-refractivity contribution in [1.29, 1.82) is 0 Å². The summed E-state index contributed by atoms with van der Waals surface area (Å²) in [6.07, 6.45) is 7.92. The summed E-state index contributed by atoms with van der Waals surface area (Å²) in [5.41, 5.74) is 4.24. The van der Waals surface area contributed by atoms with Crippen LogP contribution in [0.2, 0.25) is 10.3 Å². The Labute approximate surface area is 257 Å². The van der Waals surface area contributed by atoms with Gasteiger partial charge in [0, 0.05) is 31.2 Å². The number of imidazole rings is 1. The number of rotatable bonds is 6. The van der Waals surface area contributed by atoms with Gasteiger partial charge in [-0.25, -0.2) is 9.97 Å². The number of carbonyl (C=O) groups excluding carboxylic acids is 1. The number of hydrogen-bond acceptors (Lipinski definition) is 4. The summed E-state index contributed by atoms with van der Waals surface area (Å²) in [4.78, 5) is 27.1. The predicted molar refractivity (Wildman–Crippen MR) is 168 cm³/mol. The molecule has 8 heteroatoms. The standard InChI is InChI=1S/C34H37Cl2N5O/c1-23-37-29-9-5-6-10-30(29)41(23)27-21-25-11-12-26(22-27)40(25)20-17-34(24-7-3-2-4-8-24)15-18-39(19-16-34)33(42)28-13-14-31(35)38-32(28)36/h2-10,13-14,25-27H,11-12,15-22H2,1H3/t25-,26+,27+. The second-order valence-corrected chi connectivity index (χ2v) is 13.2. The molecule has 4 aromatic rings. The highest BCUT2D eigenvalue weighted by atomic mass is 35.5. The van der Waals surface area contributed by atoms with Crippen LogP contribution in [0, 0.1) is 6.92 Å². The third kappa shape index (κ3) is 5.01. The maximum Gasteiger partial charge on any atom is 0.256 e. The molecule has 2 aromatic carbocycles. The molecule has 1 amide bonds. The van der Waals surface area contributed by atoms with Gasteiger partial charge in [-0.2, -0.15) is 0 Å². The largest absolute Gasteiger partial charge is 0.338 e. The van der Waals surface area contributed by atoms with Crippen LogP contribution >= 0.6 is 23.2 Å². The molecule has 6 nitrogen and oxygen atoms in total. The molecule has 3 saturated heterocycles. The molecule has 3 fully saturated rings. The van der Waals surface area contributed by atoms with Crippen molar-refractivity contribution in [3.63, 3.8) is 0 Å². The zero-order valence-corrected chi connectivity index (χ0v) is 25.6. The van der Waals surface area contributed by atoms with E-state index in [0.29, 0.717) is 41.9 Å². The topological polar surface area (TPSA) is 54.3 Å². The summed E-state index contributed by atoms with van der Waals surface area (Å²) in [5, 5.41) is 0.468. The average molecular weight is 603 g/mol. The number of pyridine rings is 1. The number of fused-ring (bicyclic) bond motifs is 3. The number of carbonyl (C=O) groups is 1. The molecule has 3 aliphatic rings. The lowest BCUT2D eigenvalue weighted by Gasteiger charge is -2.45. The molecule has 0 aliphatic carbocycles. The number of nitrogens with zero attached hydrogens (tertiary/aromatic N) is 5. The van der Waals surface area contributed by atoms with E-state index in [9.17, 15) is 4.79 Å². The van der Waals surface area contributed by atoms with E-state index in [0.717, 1.165) is 37.1 Å². The Morgan fingerprint density at radius 3 is 2.29 bits per heavy atom. The molecule has 7 rings (SSSR count). The molecular weight excluding hydrogens is 565 g/mol. The van der Waals surface area contributed by atoms with Gasteiger partial charge in [-0.1, -0.05) is 65.7 Å². The number of aryl methyl sites for hydroxylation is 1. The molecule has 0 saturated carbocycles. The number of benzene rings is 2. The van der Waals surface area contributed by atoms with Gasteiger partial charge in [0.25, 0.3) is 5.91 Å². The first-order valence-corrected chi connectivity index (χ1v) is 16.0. The minimum absolute atomic E-state index is 0.0491. The molecule has 5 heterocycles. The number of likely N-dealkylation sites (tertiary alicyclic amines) is 1. The van der Waals surface area contributed by atoms with Gasteiger partial charge in [-0.3, -0.25) is 9.69 Å². The molecule has 2 aromatic heterocycles. The Morgan fingerprint density at radius 2 is 1.57 bits per heavy atom. The van der Waals surface area contributed by atoms with Crippen LogP contribution in [0.25, 0.3) is 11.0 Å². The summed E-state index contributed by atoms with van der Waals surface area (Å²) >= 11 is 12.3. The van der Waals surface area contributed by atoms with E-state index in [-0.39, 0.29) is 16.5 Å². The maximum atomic E-state index is 13.4. The smallest absolute Gasteiger partial charge is 0.256 e. The highest BCUT2D eigenvalue weighted by molar-refractivity contribution is 6.34. The molecule has 0 radical (unpaired) electrons. The number of hydrogen-bond donors (Lipinski definition) is 0. The van der Waals surface area contributed by atoms with Crippen LogP contribution in [0.3, 0.4) is 0 Å². The van der Waals surface area contributed by atoms with Crippen molar-refractivity contribution < 1.29 is 4.79 Å². The monoisotopic (exact) mass is 601 g/mol. The second-order valence-electron chi connectivity index (χ2n) is 12.4. The molecule has 3 atom stereocenters. The van der Waals surface area contributed by atoms with Gasteiger partial charge in [0.1, 0.15) is 16.1 Å². The van der Waals surface area contributed by atoms with E-state index in [1.807, 2.05) is 4.90 Å². The van der Waals surface area contributed by atoms with E-state index < -0.39 is 0 Å². The number of halogens is 2. The third-order valence-electron chi connectivity index (χ3n) is 10.3. The first-order chi connectivity index (χ1) is 20.4. The Kier molecular flexibility index (Phi) is 7.49. The number of piperidine rings is 2. The Balaban J connectivity index is 1.06. The lowest BCUT2D eigenvalue weighted by atomic mass is 9.70. The van der Waals surface area contributed by atoms with Gasteiger partial charge in [-0.15, -0.1) is 0 Å². The molecule has 3 aliphatic heterocycles. The van der Waals surface area contributed by atoms with Crippen LogP contribution in [0.1, 0.15) is 72.7 Å². The maximum absolute atomic E-state index is 13.4. The molecule has 42 heavy (non-hydrogen) atoms. The number of amides is 1. The minimum atomic E-state index is -0.0618.